The Balaban J connectivity index is 1.30. The fourth-order valence-corrected chi connectivity index (χ4v) is 7.01. The molecule has 3 heterocycles. The molecule has 0 unspecified atom stereocenters. The Hall–Kier alpha value is -4.23. The molecule has 0 bridgehead atoms. The molecule has 46 heavy (non-hydrogen) atoms. The van der Waals surface area contributed by atoms with Crippen molar-refractivity contribution < 1.29 is 13.9 Å². The number of likely N-dealkylation sites (N-methyl/N-ethyl adjacent to an activating group) is 1. The number of fused-ring (bicyclic) bond motifs is 2. The average molecular weight is 626 g/mol. The van der Waals surface area contributed by atoms with Crippen LogP contribution in [-0.4, -0.2) is 90.7 Å². The summed E-state index contributed by atoms with van der Waals surface area (Å²) in [6.07, 6.45) is 4.66. The molecular formula is C36H44FN7O2. The van der Waals surface area contributed by atoms with Crippen LogP contribution >= 0.6 is 0 Å². The normalized spacial score (nSPS) is 19.0. The van der Waals surface area contributed by atoms with E-state index in [0.29, 0.717) is 32.3 Å². The zero-order valence-electron chi connectivity index (χ0n) is 27.2. The van der Waals surface area contributed by atoms with Gasteiger partial charge >= 0.3 is 6.01 Å². The Morgan fingerprint density at radius 3 is 2.67 bits per heavy atom. The molecule has 1 aromatic heterocycles. The monoisotopic (exact) mass is 625 g/mol. The number of halogens is 1. The number of rotatable bonds is 10. The SMILES string of the molecule is [C-]#[N+]C[C@H]1CN(c2nc(OC[C@H](C)N(C)CC3CCC3)nc3c2CCN(c2cccc4cccc(C)c24)C3)CCN1C(=O)C(=C)F. The molecule has 9 nitrogen and oxygen atoms in total. The van der Waals surface area contributed by atoms with Gasteiger partial charge in [0.2, 0.25) is 6.54 Å². The quantitative estimate of drug-likeness (QED) is 0.220. The van der Waals surface area contributed by atoms with E-state index in [4.69, 9.17) is 21.3 Å². The van der Waals surface area contributed by atoms with Crippen molar-refractivity contribution in [3.63, 3.8) is 0 Å². The molecule has 3 aliphatic rings. The van der Waals surface area contributed by atoms with Crippen molar-refractivity contribution in [3.05, 3.63) is 77.0 Å². The molecule has 1 saturated heterocycles. The first-order chi connectivity index (χ1) is 22.2. The van der Waals surface area contributed by atoms with Gasteiger partial charge in [-0.15, -0.1) is 0 Å². The number of aryl methyl sites for hydroxylation is 1. The minimum absolute atomic E-state index is 0.0746. The van der Waals surface area contributed by atoms with Crippen LogP contribution in [0.2, 0.25) is 0 Å². The molecule has 2 aliphatic heterocycles. The molecule has 2 fully saturated rings. The second-order valence-corrected chi connectivity index (χ2v) is 13.1. The highest BCUT2D eigenvalue weighted by molar-refractivity contribution is 5.97. The number of hydrogen-bond donors (Lipinski definition) is 0. The molecule has 2 aromatic carbocycles. The maximum Gasteiger partial charge on any atom is 0.318 e. The van der Waals surface area contributed by atoms with Gasteiger partial charge in [-0.3, -0.25) is 4.79 Å². The van der Waals surface area contributed by atoms with Crippen molar-refractivity contribution >= 4 is 28.2 Å². The second-order valence-electron chi connectivity index (χ2n) is 13.1. The number of carbonyl (C=O) groups excluding carboxylic acids is 1. The minimum atomic E-state index is -1.00. The molecule has 1 saturated carbocycles. The van der Waals surface area contributed by atoms with Crippen molar-refractivity contribution in [2.24, 2.45) is 5.92 Å². The van der Waals surface area contributed by atoms with E-state index in [1.54, 1.807) is 0 Å². The van der Waals surface area contributed by atoms with Crippen molar-refractivity contribution in [2.45, 2.75) is 58.2 Å². The van der Waals surface area contributed by atoms with Crippen LogP contribution in [0.4, 0.5) is 15.9 Å². The molecule has 242 valence electrons. The van der Waals surface area contributed by atoms with Gasteiger partial charge in [0.25, 0.3) is 5.91 Å². The van der Waals surface area contributed by atoms with Crippen LogP contribution in [0.3, 0.4) is 0 Å². The molecule has 1 aliphatic carbocycles. The largest absolute Gasteiger partial charge is 0.462 e. The van der Waals surface area contributed by atoms with Crippen molar-refractivity contribution in [3.8, 4) is 6.01 Å². The zero-order chi connectivity index (χ0) is 32.4. The van der Waals surface area contributed by atoms with Gasteiger partial charge in [0.1, 0.15) is 18.5 Å². The first-order valence-electron chi connectivity index (χ1n) is 16.4. The fourth-order valence-electron chi connectivity index (χ4n) is 7.01. The molecule has 10 heteroatoms. The fraction of sp³-hybridized carbons (Fsp3) is 0.500. The Bertz CT molecular complexity index is 1650. The van der Waals surface area contributed by atoms with Crippen LogP contribution in [0.15, 0.2) is 48.8 Å². The van der Waals surface area contributed by atoms with Gasteiger partial charge in [-0.2, -0.15) is 9.97 Å². The minimum Gasteiger partial charge on any atom is -0.462 e. The molecule has 0 N–H and O–H groups in total. The summed E-state index contributed by atoms with van der Waals surface area (Å²) in [5.74, 6) is -0.196. The summed E-state index contributed by atoms with van der Waals surface area (Å²) in [6.45, 7) is 19.2. The highest BCUT2D eigenvalue weighted by Crippen LogP contribution is 2.36. The summed E-state index contributed by atoms with van der Waals surface area (Å²) in [5.41, 5.74) is 4.41. The van der Waals surface area contributed by atoms with E-state index in [2.05, 4.69) is 83.4 Å². The summed E-state index contributed by atoms with van der Waals surface area (Å²) >= 11 is 0. The standard InChI is InChI=1S/C36H44FN7O2/c1-24-9-6-12-28-13-8-14-32(33(24)28)42-16-15-30-31(22-42)39-36(46-23-25(2)41(5)20-27-10-7-11-27)40-34(30)43-17-18-44(35(45)26(3)37)29(21-43)19-38-4/h6,8-9,12-14,25,27,29H,3,7,10-11,15-23H2,1-2,5H3/t25-,29-/m0/s1. The van der Waals surface area contributed by atoms with Crippen LogP contribution in [-0.2, 0) is 17.8 Å². The molecular weight excluding hydrogens is 581 g/mol. The van der Waals surface area contributed by atoms with Gasteiger partial charge in [0.05, 0.1) is 12.2 Å². The van der Waals surface area contributed by atoms with Crippen LogP contribution in [0.25, 0.3) is 15.6 Å². The third-order valence-corrected chi connectivity index (χ3v) is 10.0. The van der Waals surface area contributed by atoms with Gasteiger partial charge in [-0.1, -0.05) is 43.3 Å². The number of nitrogens with zero attached hydrogens (tertiary/aromatic N) is 7. The van der Waals surface area contributed by atoms with E-state index in [0.717, 1.165) is 42.5 Å². The summed E-state index contributed by atoms with van der Waals surface area (Å²) in [6, 6.07) is 12.9. The van der Waals surface area contributed by atoms with Gasteiger partial charge in [-0.25, -0.2) is 11.0 Å². The lowest BCUT2D eigenvalue weighted by Gasteiger charge is -2.41. The van der Waals surface area contributed by atoms with Gasteiger partial charge < -0.3 is 29.2 Å². The predicted molar refractivity (Wildman–Crippen MR) is 180 cm³/mol. The number of carbonyl (C=O) groups is 1. The number of ether oxygens (including phenoxy) is 1. The van der Waals surface area contributed by atoms with Crippen molar-refractivity contribution in [2.75, 3.05) is 62.7 Å². The summed E-state index contributed by atoms with van der Waals surface area (Å²) < 4.78 is 20.2. The van der Waals surface area contributed by atoms with Crippen molar-refractivity contribution in [1.29, 1.82) is 0 Å². The van der Waals surface area contributed by atoms with E-state index < -0.39 is 17.8 Å². The lowest BCUT2D eigenvalue weighted by Crippen LogP contribution is -2.57. The number of anilines is 2. The summed E-state index contributed by atoms with van der Waals surface area (Å²) in [7, 11) is 2.15. The Morgan fingerprint density at radius 1 is 1.17 bits per heavy atom. The zero-order valence-corrected chi connectivity index (χ0v) is 27.2. The van der Waals surface area contributed by atoms with Crippen LogP contribution in [0, 0.1) is 19.4 Å². The number of amides is 1. The molecule has 3 aromatic rings. The Morgan fingerprint density at radius 2 is 1.96 bits per heavy atom. The molecule has 1 amide bonds. The molecule has 6 rings (SSSR count). The molecule has 0 radical (unpaired) electrons. The maximum atomic E-state index is 13.9. The summed E-state index contributed by atoms with van der Waals surface area (Å²) in [4.78, 5) is 34.4. The Labute approximate surface area is 271 Å². The number of hydrogen-bond acceptors (Lipinski definition) is 7. The van der Waals surface area contributed by atoms with Crippen LogP contribution < -0.4 is 14.5 Å². The van der Waals surface area contributed by atoms with E-state index in [1.165, 1.54) is 46.2 Å². The smallest absolute Gasteiger partial charge is 0.318 e. The third kappa shape index (κ3) is 6.52. The second kappa shape index (κ2) is 13.6. The lowest BCUT2D eigenvalue weighted by atomic mass is 9.85. The highest BCUT2D eigenvalue weighted by Gasteiger charge is 2.36. The van der Waals surface area contributed by atoms with Gasteiger partial charge in [0.15, 0.2) is 5.83 Å². The topological polar surface area (TPSA) is 69.4 Å². The molecule has 0 spiro atoms. The lowest BCUT2D eigenvalue weighted by molar-refractivity contribution is -0.131. The molecule has 2 atom stereocenters. The maximum absolute atomic E-state index is 13.9. The summed E-state index contributed by atoms with van der Waals surface area (Å²) in [5, 5.41) is 2.46. The van der Waals surface area contributed by atoms with E-state index >= 15 is 0 Å². The van der Waals surface area contributed by atoms with Crippen molar-refractivity contribution in [1.82, 2.24) is 19.8 Å². The number of piperazine rings is 1. The van der Waals surface area contributed by atoms with E-state index in [1.807, 2.05) is 0 Å². The van der Waals surface area contributed by atoms with Crippen LogP contribution in [0.1, 0.15) is 43.0 Å². The Kier molecular flexibility index (Phi) is 9.41. The van der Waals surface area contributed by atoms with Crippen LogP contribution in [0.5, 0.6) is 6.01 Å². The number of aromatic nitrogens is 2. The number of benzene rings is 2. The predicted octanol–water partition coefficient (Wildman–Crippen LogP) is 5.42. The average Bonchev–Trinajstić information content (AvgIpc) is 3.04. The van der Waals surface area contributed by atoms with Gasteiger partial charge in [-0.05, 0) is 63.1 Å². The van der Waals surface area contributed by atoms with E-state index in [-0.39, 0.29) is 19.1 Å². The highest BCUT2D eigenvalue weighted by atomic mass is 19.1. The first-order valence-corrected chi connectivity index (χ1v) is 16.4. The third-order valence-electron chi connectivity index (χ3n) is 10.0. The van der Waals surface area contributed by atoms with Gasteiger partial charge in [0, 0.05) is 55.4 Å². The van der Waals surface area contributed by atoms with E-state index in [9.17, 15) is 9.18 Å². The first kappa shape index (κ1) is 31.7.